The first-order valence-corrected chi connectivity index (χ1v) is 5.17. The Hall–Kier alpha value is -0.340. The third kappa shape index (κ3) is 2.95. The summed E-state index contributed by atoms with van der Waals surface area (Å²) in [4.78, 5) is 4.12. The average molecular weight is 247 g/mol. The fourth-order valence-corrected chi connectivity index (χ4v) is 1.23. The fraction of sp³-hybridized carbons (Fsp3) is 0.222. The van der Waals surface area contributed by atoms with Crippen LogP contribution in [0.4, 0.5) is 0 Å². The summed E-state index contributed by atoms with van der Waals surface area (Å²) in [5.74, 6) is 0. The summed E-state index contributed by atoms with van der Waals surface area (Å²) < 4.78 is 0. The molecule has 0 atom stereocenters. The van der Waals surface area contributed by atoms with Crippen LogP contribution in [0, 0.1) is 0 Å². The zero-order valence-corrected chi connectivity index (χ0v) is 8.85. The van der Waals surface area contributed by atoms with Crippen molar-refractivity contribution in [1.82, 2.24) is 4.98 Å². The molecule has 0 unspecified atom stereocenters. The monoisotopic (exact) mass is 245 g/mol. The highest BCUT2D eigenvalue weighted by atomic mass is 79.9. The van der Waals surface area contributed by atoms with Crippen LogP contribution in [0.5, 0.6) is 0 Å². The van der Waals surface area contributed by atoms with Crippen LogP contribution < -0.4 is 0 Å². The highest BCUT2D eigenvalue weighted by molar-refractivity contribution is 9.09. The van der Waals surface area contributed by atoms with E-state index in [-0.39, 0.29) is 0 Å². The van der Waals surface area contributed by atoms with Gasteiger partial charge in [0.1, 0.15) is 0 Å². The maximum atomic E-state index is 5.88. The van der Waals surface area contributed by atoms with E-state index >= 15 is 0 Å². The summed E-state index contributed by atoms with van der Waals surface area (Å²) in [6.45, 7) is 0. The molecule has 0 amide bonds. The highest BCUT2D eigenvalue weighted by Crippen LogP contribution is 2.13. The molecule has 0 N–H and O–H groups in total. The van der Waals surface area contributed by atoms with Crippen molar-refractivity contribution < 1.29 is 0 Å². The van der Waals surface area contributed by atoms with Crippen LogP contribution in [0.3, 0.4) is 0 Å². The first-order chi connectivity index (χ1) is 5.84. The molecule has 0 saturated carbocycles. The summed E-state index contributed by atoms with van der Waals surface area (Å²) in [6.07, 6.45) is 6.71. The van der Waals surface area contributed by atoms with Gasteiger partial charge in [0.25, 0.3) is 0 Å². The van der Waals surface area contributed by atoms with E-state index in [1.807, 2.05) is 24.3 Å². The molecular weight excluding hydrogens is 237 g/mol. The minimum atomic E-state index is 0.698. The first-order valence-electron chi connectivity index (χ1n) is 3.67. The first kappa shape index (κ1) is 9.75. The van der Waals surface area contributed by atoms with E-state index in [1.54, 1.807) is 6.20 Å². The molecule has 0 radical (unpaired) electrons. The van der Waals surface area contributed by atoms with Gasteiger partial charge in [0.15, 0.2) is 0 Å². The second-order valence-electron chi connectivity index (χ2n) is 2.25. The summed E-state index contributed by atoms with van der Waals surface area (Å²) in [5.41, 5.74) is 0.833. The Bertz CT molecular complexity index is 273. The van der Waals surface area contributed by atoms with Crippen molar-refractivity contribution in [2.75, 3.05) is 5.33 Å². The molecule has 0 aromatic carbocycles. The van der Waals surface area contributed by atoms with Crippen molar-refractivity contribution in [3.63, 3.8) is 0 Å². The predicted octanol–water partition coefficient (Wildman–Crippen LogP) is 3.53. The second kappa shape index (κ2) is 5.33. The van der Waals surface area contributed by atoms with Gasteiger partial charge in [-0.3, -0.25) is 4.98 Å². The van der Waals surface area contributed by atoms with E-state index in [2.05, 4.69) is 20.9 Å². The van der Waals surface area contributed by atoms with Crippen molar-refractivity contribution in [1.29, 1.82) is 0 Å². The molecule has 64 valence electrons. The number of hydrogen-bond donors (Lipinski definition) is 0. The average Bonchev–Trinajstić information content (AvgIpc) is 2.09. The van der Waals surface area contributed by atoms with Crippen LogP contribution in [0.25, 0.3) is 6.08 Å². The molecule has 3 heteroatoms. The number of allylic oxidation sites excluding steroid dienone is 1. The van der Waals surface area contributed by atoms with Gasteiger partial charge in [-0.2, -0.15) is 0 Å². The van der Waals surface area contributed by atoms with E-state index in [0.717, 1.165) is 17.4 Å². The van der Waals surface area contributed by atoms with Crippen molar-refractivity contribution in [2.24, 2.45) is 0 Å². The molecule has 0 saturated heterocycles. The maximum Gasteiger partial charge on any atom is 0.0812 e. The van der Waals surface area contributed by atoms with Crippen LogP contribution in [0.15, 0.2) is 24.4 Å². The van der Waals surface area contributed by atoms with E-state index in [0.29, 0.717) is 5.02 Å². The third-order valence-corrected chi connectivity index (χ3v) is 2.12. The number of hydrogen-bond acceptors (Lipinski definition) is 1. The van der Waals surface area contributed by atoms with E-state index in [9.17, 15) is 0 Å². The van der Waals surface area contributed by atoms with Gasteiger partial charge in [-0.15, -0.1) is 0 Å². The molecule has 0 aliphatic heterocycles. The fourth-order valence-electron chi connectivity index (χ4n) is 0.778. The van der Waals surface area contributed by atoms with Gasteiger partial charge in [0.2, 0.25) is 0 Å². The lowest BCUT2D eigenvalue weighted by molar-refractivity contribution is 1.25. The topological polar surface area (TPSA) is 12.9 Å². The molecule has 0 aliphatic rings. The zero-order valence-electron chi connectivity index (χ0n) is 6.50. The molecule has 0 bridgehead atoms. The summed E-state index contributed by atoms with van der Waals surface area (Å²) in [7, 11) is 0. The van der Waals surface area contributed by atoms with E-state index in [1.165, 1.54) is 0 Å². The van der Waals surface area contributed by atoms with Crippen LogP contribution in [-0.4, -0.2) is 10.3 Å². The number of aromatic nitrogens is 1. The molecule has 12 heavy (non-hydrogen) atoms. The Balaban J connectivity index is 2.68. The Morgan fingerprint density at radius 3 is 3.08 bits per heavy atom. The van der Waals surface area contributed by atoms with Crippen molar-refractivity contribution >= 4 is 33.6 Å². The summed E-state index contributed by atoms with van der Waals surface area (Å²) in [5, 5.41) is 1.66. The lowest BCUT2D eigenvalue weighted by Crippen LogP contribution is -1.79. The van der Waals surface area contributed by atoms with Crippen LogP contribution >= 0.6 is 27.5 Å². The highest BCUT2D eigenvalue weighted by Gasteiger charge is 1.93. The largest absolute Gasteiger partial charge is 0.255 e. The molecule has 1 nitrogen and oxygen atoms in total. The van der Waals surface area contributed by atoms with Gasteiger partial charge in [0, 0.05) is 11.5 Å². The molecule has 1 aromatic rings. The van der Waals surface area contributed by atoms with Gasteiger partial charge in [-0.25, -0.2) is 0 Å². The number of halogens is 2. The van der Waals surface area contributed by atoms with Gasteiger partial charge >= 0.3 is 0 Å². The predicted molar refractivity (Wildman–Crippen MR) is 56.7 cm³/mol. The Labute approximate surface area is 85.6 Å². The molecular formula is C9H9BrClN. The lowest BCUT2D eigenvalue weighted by Gasteiger charge is -1.94. The van der Waals surface area contributed by atoms with Crippen molar-refractivity contribution in [3.8, 4) is 0 Å². The Morgan fingerprint density at radius 1 is 1.58 bits per heavy atom. The number of alkyl halides is 1. The minimum Gasteiger partial charge on any atom is -0.255 e. The van der Waals surface area contributed by atoms with E-state index < -0.39 is 0 Å². The van der Waals surface area contributed by atoms with Crippen molar-refractivity contribution in [2.45, 2.75) is 6.42 Å². The summed E-state index contributed by atoms with van der Waals surface area (Å²) in [6, 6.07) is 3.66. The Kier molecular flexibility index (Phi) is 4.33. The quantitative estimate of drug-likeness (QED) is 0.744. The second-order valence-corrected chi connectivity index (χ2v) is 3.45. The zero-order chi connectivity index (χ0) is 8.81. The molecule has 1 aromatic heterocycles. The van der Waals surface area contributed by atoms with Crippen molar-refractivity contribution in [3.05, 3.63) is 35.1 Å². The van der Waals surface area contributed by atoms with Crippen LogP contribution in [0.1, 0.15) is 12.1 Å². The molecule has 0 aliphatic carbocycles. The van der Waals surface area contributed by atoms with Gasteiger partial charge in [-0.05, 0) is 24.6 Å². The van der Waals surface area contributed by atoms with Gasteiger partial charge < -0.3 is 0 Å². The maximum absolute atomic E-state index is 5.88. The van der Waals surface area contributed by atoms with Crippen LogP contribution in [0.2, 0.25) is 5.02 Å². The minimum absolute atomic E-state index is 0.698. The summed E-state index contributed by atoms with van der Waals surface area (Å²) >= 11 is 9.21. The molecule has 0 spiro atoms. The SMILES string of the molecule is Clc1cccnc1C=CCCBr. The smallest absolute Gasteiger partial charge is 0.0812 e. The standard InChI is InChI=1S/C9H9BrClN/c10-6-2-1-5-9-8(11)4-3-7-12-9/h1,3-5,7H,2,6H2. The molecule has 1 rings (SSSR count). The number of nitrogens with zero attached hydrogens (tertiary/aromatic N) is 1. The lowest BCUT2D eigenvalue weighted by atomic mass is 10.3. The number of pyridine rings is 1. The Morgan fingerprint density at radius 2 is 2.42 bits per heavy atom. The molecule has 1 heterocycles. The van der Waals surface area contributed by atoms with E-state index in [4.69, 9.17) is 11.6 Å². The molecule has 0 fully saturated rings. The van der Waals surface area contributed by atoms with Gasteiger partial charge in [-0.1, -0.05) is 33.6 Å². The third-order valence-electron chi connectivity index (χ3n) is 1.34. The normalized spacial score (nSPS) is 10.8. The van der Waals surface area contributed by atoms with Gasteiger partial charge in [0.05, 0.1) is 10.7 Å². The number of rotatable bonds is 3. The van der Waals surface area contributed by atoms with Crippen LogP contribution in [-0.2, 0) is 0 Å².